The predicted octanol–water partition coefficient (Wildman–Crippen LogP) is 3.19. The van der Waals surface area contributed by atoms with E-state index in [0.29, 0.717) is 0 Å². The minimum atomic E-state index is -0.262. The Morgan fingerprint density at radius 1 is 1.32 bits per heavy atom. The van der Waals surface area contributed by atoms with Crippen LogP contribution in [0.3, 0.4) is 0 Å². The van der Waals surface area contributed by atoms with Gasteiger partial charge in [-0.25, -0.2) is 0 Å². The molecule has 0 aliphatic carbocycles. The summed E-state index contributed by atoms with van der Waals surface area (Å²) in [6.45, 7) is 2.94. The van der Waals surface area contributed by atoms with Gasteiger partial charge in [-0.3, -0.25) is 4.98 Å². The van der Waals surface area contributed by atoms with Crippen LogP contribution in [0.25, 0.3) is 10.8 Å². The summed E-state index contributed by atoms with van der Waals surface area (Å²) in [6.07, 6.45) is 7.06. The molecule has 3 nitrogen and oxygen atoms in total. The molecule has 2 heterocycles. The zero-order valence-electron chi connectivity index (χ0n) is 11.3. The van der Waals surface area contributed by atoms with Gasteiger partial charge in [0, 0.05) is 24.4 Å². The predicted molar refractivity (Wildman–Crippen MR) is 76.9 cm³/mol. The summed E-state index contributed by atoms with van der Waals surface area (Å²) in [5, 5.41) is 2.32. The van der Waals surface area contributed by atoms with Crippen molar-refractivity contribution >= 4 is 10.8 Å². The van der Waals surface area contributed by atoms with Crippen LogP contribution in [-0.4, -0.2) is 17.2 Å². The van der Waals surface area contributed by atoms with Crippen LogP contribution in [0.4, 0.5) is 0 Å². The van der Waals surface area contributed by atoms with Crippen LogP contribution < -0.4 is 5.73 Å². The SMILES string of the molecule is CC1(C(N)c2cccc3ccncc23)CCCCO1. The first-order valence-electron chi connectivity index (χ1n) is 6.93. The van der Waals surface area contributed by atoms with Crippen molar-refractivity contribution in [1.29, 1.82) is 0 Å². The highest BCUT2D eigenvalue weighted by Crippen LogP contribution is 2.37. The molecule has 1 aromatic heterocycles. The average Bonchev–Trinajstić information content (AvgIpc) is 2.47. The molecule has 1 fully saturated rings. The molecule has 1 aliphatic heterocycles. The van der Waals surface area contributed by atoms with Crippen molar-refractivity contribution in [2.45, 2.75) is 37.8 Å². The van der Waals surface area contributed by atoms with Crippen molar-refractivity contribution in [2.75, 3.05) is 6.61 Å². The maximum absolute atomic E-state index is 6.52. The number of hydrogen-bond donors (Lipinski definition) is 1. The zero-order chi connectivity index (χ0) is 13.3. The first kappa shape index (κ1) is 12.6. The number of hydrogen-bond acceptors (Lipinski definition) is 3. The number of benzene rings is 1. The van der Waals surface area contributed by atoms with Crippen LogP contribution in [-0.2, 0) is 4.74 Å². The van der Waals surface area contributed by atoms with E-state index < -0.39 is 0 Å². The second-order valence-electron chi connectivity index (χ2n) is 5.54. The number of ether oxygens (including phenoxy) is 1. The standard InChI is InChI=1S/C16H20N2O/c1-16(8-2-3-10-19-16)15(17)13-6-4-5-12-7-9-18-11-14(12)13/h4-7,9,11,15H,2-3,8,10,17H2,1H3. The van der Waals surface area contributed by atoms with Crippen molar-refractivity contribution in [3.63, 3.8) is 0 Å². The Hall–Kier alpha value is -1.45. The van der Waals surface area contributed by atoms with Gasteiger partial charge < -0.3 is 10.5 Å². The molecule has 0 bridgehead atoms. The van der Waals surface area contributed by atoms with Crippen molar-refractivity contribution < 1.29 is 4.74 Å². The van der Waals surface area contributed by atoms with E-state index in [9.17, 15) is 0 Å². The van der Waals surface area contributed by atoms with E-state index in [4.69, 9.17) is 10.5 Å². The molecule has 3 heteroatoms. The summed E-state index contributed by atoms with van der Waals surface area (Å²) >= 11 is 0. The van der Waals surface area contributed by atoms with Crippen LogP contribution in [0.2, 0.25) is 0 Å². The van der Waals surface area contributed by atoms with Gasteiger partial charge in [-0.1, -0.05) is 18.2 Å². The quantitative estimate of drug-likeness (QED) is 0.897. The number of fused-ring (bicyclic) bond motifs is 1. The maximum atomic E-state index is 6.52. The van der Waals surface area contributed by atoms with E-state index >= 15 is 0 Å². The molecule has 2 aromatic rings. The molecule has 0 amide bonds. The minimum Gasteiger partial charge on any atom is -0.373 e. The summed E-state index contributed by atoms with van der Waals surface area (Å²) in [6, 6.07) is 8.16. The highest BCUT2D eigenvalue weighted by molar-refractivity contribution is 5.85. The lowest BCUT2D eigenvalue weighted by molar-refractivity contribution is -0.0818. The maximum Gasteiger partial charge on any atom is 0.0846 e. The van der Waals surface area contributed by atoms with Gasteiger partial charge in [-0.2, -0.15) is 0 Å². The highest BCUT2D eigenvalue weighted by atomic mass is 16.5. The number of pyridine rings is 1. The Balaban J connectivity index is 2.03. The number of nitrogens with two attached hydrogens (primary N) is 1. The molecule has 0 radical (unpaired) electrons. The van der Waals surface area contributed by atoms with Crippen molar-refractivity contribution in [2.24, 2.45) is 5.73 Å². The summed E-state index contributed by atoms with van der Waals surface area (Å²) in [4.78, 5) is 4.23. The smallest absolute Gasteiger partial charge is 0.0846 e. The van der Waals surface area contributed by atoms with E-state index in [0.717, 1.165) is 30.4 Å². The van der Waals surface area contributed by atoms with Crippen molar-refractivity contribution in [3.05, 3.63) is 42.2 Å². The highest BCUT2D eigenvalue weighted by Gasteiger charge is 2.36. The topological polar surface area (TPSA) is 48.1 Å². The van der Waals surface area contributed by atoms with Crippen molar-refractivity contribution in [3.8, 4) is 0 Å². The largest absolute Gasteiger partial charge is 0.373 e. The molecular formula is C16H20N2O. The monoisotopic (exact) mass is 256 g/mol. The summed E-state index contributed by atoms with van der Waals surface area (Å²) in [5.41, 5.74) is 7.39. The van der Waals surface area contributed by atoms with E-state index in [1.807, 2.05) is 18.5 Å². The van der Waals surface area contributed by atoms with E-state index in [-0.39, 0.29) is 11.6 Å². The average molecular weight is 256 g/mol. The normalized spacial score (nSPS) is 25.4. The lowest BCUT2D eigenvalue weighted by Gasteiger charge is -2.39. The van der Waals surface area contributed by atoms with Crippen molar-refractivity contribution in [1.82, 2.24) is 4.98 Å². The van der Waals surface area contributed by atoms with Gasteiger partial charge >= 0.3 is 0 Å². The minimum absolute atomic E-state index is 0.110. The summed E-state index contributed by atoms with van der Waals surface area (Å²) in [5.74, 6) is 0. The lowest BCUT2D eigenvalue weighted by atomic mass is 9.83. The first-order valence-corrected chi connectivity index (χ1v) is 6.93. The summed E-state index contributed by atoms with van der Waals surface area (Å²) in [7, 11) is 0. The van der Waals surface area contributed by atoms with Gasteiger partial charge in [0.1, 0.15) is 0 Å². The van der Waals surface area contributed by atoms with Crippen LogP contribution in [0.5, 0.6) is 0 Å². The molecule has 3 rings (SSSR count). The van der Waals surface area contributed by atoms with Gasteiger partial charge in [0.15, 0.2) is 0 Å². The van der Waals surface area contributed by atoms with Gasteiger partial charge in [0.25, 0.3) is 0 Å². The molecule has 2 unspecified atom stereocenters. The van der Waals surface area contributed by atoms with Gasteiger partial charge in [-0.05, 0) is 43.2 Å². The second kappa shape index (κ2) is 4.91. The van der Waals surface area contributed by atoms with Crippen LogP contribution in [0.15, 0.2) is 36.7 Å². The fourth-order valence-electron chi connectivity index (χ4n) is 2.94. The Morgan fingerprint density at radius 2 is 2.21 bits per heavy atom. The molecule has 0 saturated carbocycles. The molecule has 1 aliphatic rings. The molecule has 1 aromatic carbocycles. The van der Waals surface area contributed by atoms with Gasteiger partial charge in [0.2, 0.25) is 0 Å². The number of aromatic nitrogens is 1. The van der Waals surface area contributed by atoms with Crippen LogP contribution in [0, 0.1) is 0 Å². The third-order valence-corrected chi connectivity index (χ3v) is 4.21. The first-order chi connectivity index (χ1) is 9.21. The summed E-state index contributed by atoms with van der Waals surface area (Å²) < 4.78 is 5.99. The fraction of sp³-hybridized carbons (Fsp3) is 0.438. The molecule has 19 heavy (non-hydrogen) atoms. The number of nitrogens with zero attached hydrogens (tertiary/aromatic N) is 1. The molecule has 1 saturated heterocycles. The Labute approximate surface area is 113 Å². The van der Waals surface area contributed by atoms with Crippen LogP contribution >= 0.6 is 0 Å². The fourth-order valence-corrected chi connectivity index (χ4v) is 2.94. The molecule has 0 spiro atoms. The van der Waals surface area contributed by atoms with Gasteiger partial charge in [-0.15, -0.1) is 0 Å². The molecule has 2 N–H and O–H groups in total. The van der Waals surface area contributed by atoms with E-state index in [2.05, 4.69) is 30.1 Å². The number of rotatable bonds is 2. The Kier molecular flexibility index (Phi) is 3.25. The molecular weight excluding hydrogens is 236 g/mol. The molecule has 2 atom stereocenters. The van der Waals surface area contributed by atoms with E-state index in [1.165, 1.54) is 11.8 Å². The van der Waals surface area contributed by atoms with Gasteiger partial charge in [0.05, 0.1) is 11.6 Å². The molecule has 100 valence electrons. The Bertz CT molecular complexity index is 570. The zero-order valence-corrected chi connectivity index (χ0v) is 11.3. The lowest BCUT2D eigenvalue weighted by Crippen LogP contribution is -2.43. The Morgan fingerprint density at radius 3 is 3.00 bits per heavy atom. The second-order valence-corrected chi connectivity index (χ2v) is 5.54. The third kappa shape index (κ3) is 2.24. The van der Waals surface area contributed by atoms with Crippen LogP contribution in [0.1, 0.15) is 37.8 Å². The van der Waals surface area contributed by atoms with E-state index in [1.54, 1.807) is 0 Å². The third-order valence-electron chi connectivity index (χ3n) is 4.21.